The molecule has 1 saturated carbocycles. The van der Waals surface area contributed by atoms with E-state index in [0.29, 0.717) is 24.1 Å². The number of benzene rings is 1. The van der Waals surface area contributed by atoms with Crippen LogP contribution < -0.4 is 4.90 Å². The molecule has 0 aromatic heterocycles. The Morgan fingerprint density at radius 2 is 1.89 bits per heavy atom. The Balaban J connectivity index is 2.60. The van der Waals surface area contributed by atoms with Crippen LogP contribution in [0, 0.1) is 5.82 Å². The topological polar surface area (TPSA) is 40.5 Å². The molecule has 0 radical (unpaired) electrons. The van der Waals surface area contributed by atoms with Gasteiger partial charge >= 0.3 is 5.97 Å². The molecule has 2 rings (SSSR count). The molecule has 0 amide bonds. The first kappa shape index (κ1) is 13.8. The third-order valence-electron chi connectivity index (χ3n) is 4.07. The molecule has 1 fully saturated rings. The van der Waals surface area contributed by atoms with Gasteiger partial charge in [-0.1, -0.05) is 31.4 Å². The van der Waals surface area contributed by atoms with Crippen molar-refractivity contribution >= 4 is 11.7 Å². The molecular weight excluding hydrogens is 245 g/mol. The van der Waals surface area contributed by atoms with Crippen LogP contribution in [0.5, 0.6) is 0 Å². The highest BCUT2D eigenvalue weighted by molar-refractivity contribution is 5.84. The molecule has 0 atom stereocenters. The Labute approximate surface area is 113 Å². The zero-order valence-corrected chi connectivity index (χ0v) is 11.4. The maximum atomic E-state index is 14.1. The lowest BCUT2D eigenvalue weighted by Crippen LogP contribution is -2.39. The van der Waals surface area contributed by atoms with E-state index in [1.165, 1.54) is 6.07 Å². The second-order valence-electron chi connectivity index (χ2n) is 5.48. The summed E-state index contributed by atoms with van der Waals surface area (Å²) in [6.45, 7) is 0. The highest BCUT2D eigenvalue weighted by Gasteiger charge is 2.43. The van der Waals surface area contributed by atoms with Crippen molar-refractivity contribution in [2.75, 3.05) is 19.0 Å². The number of para-hydroxylation sites is 1. The molecule has 1 N–H and O–H groups in total. The fourth-order valence-corrected chi connectivity index (χ4v) is 3.11. The number of rotatable bonds is 3. The van der Waals surface area contributed by atoms with E-state index in [2.05, 4.69) is 0 Å². The molecule has 4 heteroatoms. The number of anilines is 1. The van der Waals surface area contributed by atoms with Gasteiger partial charge in [-0.25, -0.2) is 4.39 Å². The lowest BCUT2D eigenvalue weighted by Gasteiger charge is -2.36. The van der Waals surface area contributed by atoms with Crippen LogP contribution in [0.1, 0.15) is 37.7 Å². The van der Waals surface area contributed by atoms with Gasteiger partial charge in [0.05, 0.1) is 11.1 Å². The van der Waals surface area contributed by atoms with E-state index < -0.39 is 11.4 Å². The summed E-state index contributed by atoms with van der Waals surface area (Å²) in [5.74, 6) is -1.19. The largest absolute Gasteiger partial charge is 0.481 e. The van der Waals surface area contributed by atoms with Crippen molar-refractivity contribution < 1.29 is 14.3 Å². The van der Waals surface area contributed by atoms with Gasteiger partial charge < -0.3 is 10.0 Å². The summed E-state index contributed by atoms with van der Waals surface area (Å²) in [5, 5.41) is 9.70. The number of aliphatic carboxylic acids is 1. The van der Waals surface area contributed by atoms with Gasteiger partial charge in [-0.2, -0.15) is 0 Å². The summed E-state index contributed by atoms with van der Waals surface area (Å²) < 4.78 is 14.1. The first-order valence-electron chi connectivity index (χ1n) is 6.69. The quantitative estimate of drug-likeness (QED) is 0.912. The number of carboxylic acids is 1. The van der Waals surface area contributed by atoms with Crippen molar-refractivity contribution in [1.29, 1.82) is 0 Å². The van der Waals surface area contributed by atoms with Gasteiger partial charge in [-0.05, 0) is 24.5 Å². The van der Waals surface area contributed by atoms with E-state index in [4.69, 9.17) is 0 Å². The molecule has 1 aromatic carbocycles. The second-order valence-corrected chi connectivity index (χ2v) is 5.48. The maximum absolute atomic E-state index is 14.1. The van der Waals surface area contributed by atoms with E-state index in [1.54, 1.807) is 31.1 Å². The summed E-state index contributed by atoms with van der Waals surface area (Å²) >= 11 is 0. The first-order chi connectivity index (χ1) is 8.99. The van der Waals surface area contributed by atoms with Gasteiger partial charge in [0.25, 0.3) is 0 Å². The van der Waals surface area contributed by atoms with Gasteiger partial charge in [0.1, 0.15) is 5.82 Å². The summed E-state index contributed by atoms with van der Waals surface area (Å²) in [7, 11) is 3.50. The minimum Gasteiger partial charge on any atom is -0.481 e. The molecule has 0 saturated heterocycles. The van der Waals surface area contributed by atoms with Gasteiger partial charge in [0, 0.05) is 14.1 Å². The molecule has 104 valence electrons. The molecule has 1 aromatic rings. The minimum absolute atomic E-state index is 0.353. The highest BCUT2D eigenvalue weighted by atomic mass is 19.1. The van der Waals surface area contributed by atoms with Crippen molar-refractivity contribution in [1.82, 2.24) is 0 Å². The molecule has 0 aliphatic heterocycles. The fraction of sp³-hybridized carbons (Fsp3) is 0.533. The van der Waals surface area contributed by atoms with E-state index in [-0.39, 0.29) is 5.82 Å². The summed E-state index contributed by atoms with van der Waals surface area (Å²) in [6.07, 6.45) is 4.01. The van der Waals surface area contributed by atoms with Crippen LogP contribution in [-0.2, 0) is 10.2 Å². The Kier molecular flexibility index (Phi) is 3.78. The number of nitrogens with zero attached hydrogens (tertiary/aromatic N) is 1. The molecule has 0 spiro atoms. The third kappa shape index (κ3) is 2.31. The second kappa shape index (κ2) is 5.19. The van der Waals surface area contributed by atoms with Crippen LogP contribution in [0.15, 0.2) is 18.2 Å². The number of carboxylic acid groups (broad SMARTS) is 1. The highest BCUT2D eigenvalue weighted by Crippen LogP contribution is 2.44. The molecule has 3 nitrogen and oxygen atoms in total. The molecule has 0 unspecified atom stereocenters. The van der Waals surface area contributed by atoms with Crippen LogP contribution in [0.4, 0.5) is 10.1 Å². The standard InChI is InChI=1S/C15H20FNO2/c1-17(2)13-11(7-6-8-12(13)16)15(14(18)19)9-4-3-5-10-15/h6-8H,3-5,9-10H2,1-2H3,(H,18,19). The molecule has 0 heterocycles. The van der Waals surface area contributed by atoms with Crippen molar-refractivity contribution in [3.05, 3.63) is 29.6 Å². The van der Waals surface area contributed by atoms with Crippen LogP contribution >= 0.6 is 0 Å². The van der Waals surface area contributed by atoms with Crippen molar-refractivity contribution in [3.8, 4) is 0 Å². The third-order valence-corrected chi connectivity index (χ3v) is 4.07. The van der Waals surface area contributed by atoms with Crippen molar-refractivity contribution in [2.24, 2.45) is 0 Å². The smallest absolute Gasteiger partial charge is 0.314 e. The lowest BCUT2D eigenvalue weighted by atomic mass is 9.69. The molecule has 19 heavy (non-hydrogen) atoms. The van der Waals surface area contributed by atoms with Gasteiger partial charge in [-0.15, -0.1) is 0 Å². The number of halogens is 1. The lowest BCUT2D eigenvalue weighted by molar-refractivity contribution is -0.145. The Morgan fingerprint density at radius 3 is 2.42 bits per heavy atom. The maximum Gasteiger partial charge on any atom is 0.314 e. The molecule has 1 aliphatic rings. The van der Waals surface area contributed by atoms with Crippen LogP contribution in [-0.4, -0.2) is 25.2 Å². The van der Waals surface area contributed by atoms with Crippen LogP contribution in [0.2, 0.25) is 0 Å². The first-order valence-corrected chi connectivity index (χ1v) is 6.69. The zero-order chi connectivity index (χ0) is 14.0. The van der Waals surface area contributed by atoms with E-state index in [0.717, 1.165) is 19.3 Å². The Bertz CT molecular complexity index is 479. The Hall–Kier alpha value is -1.58. The van der Waals surface area contributed by atoms with Gasteiger partial charge in [0.2, 0.25) is 0 Å². The summed E-state index contributed by atoms with van der Waals surface area (Å²) in [4.78, 5) is 13.5. The van der Waals surface area contributed by atoms with Crippen molar-refractivity contribution in [2.45, 2.75) is 37.5 Å². The van der Waals surface area contributed by atoms with Gasteiger partial charge in [-0.3, -0.25) is 4.79 Å². The van der Waals surface area contributed by atoms with E-state index in [1.807, 2.05) is 0 Å². The van der Waals surface area contributed by atoms with Crippen LogP contribution in [0.3, 0.4) is 0 Å². The van der Waals surface area contributed by atoms with Gasteiger partial charge in [0.15, 0.2) is 0 Å². The number of hydrogen-bond donors (Lipinski definition) is 1. The number of hydrogen-bond acceptors (Lipinski definition) is 2. The Morgan fingerprint density at radius 1 is 1.26 bits per heavy atom. The minimum atomic E-state index is -0.931. The number of carbonyl (C=O) groups is 1. The van der Waals surface area contributed by atoms with Crippen molar-refractivity contribution in [3.63, 3.8) is 0 Å². The normalized spacial score (nSPS) is 18.1. The van der Waals surface area contributed by atoms with E-state index in [9.17, 15) is 14.3 Å². The van der Waals surface area contributed by atoms with E-state index >= 15 is 0 Å². The monoisotopic (exact) mass is 265 g/mol. The predicted molar refractivity (Wildman–Crippen MR) is 73.1 cm³/mol. The fourth-order valence-electron chi connectivity index (χ4n) is 3.11. The molecule has 1 aliphatic carbocycles. The average molecular weight is 265 g/mol. The summed E-state index contributed by atoms with van der Waals surface area (Å²) in [6, 6.07) is 4.76. The SMILES string of the molecule is CN(C)c1c(F)cccc1C1(C(=O)O)CCCCC1. The molecule has 0 bridgehead atoms. The molecular formula is C15H20FNO2. The summed E-state index contributed by atoms with van der Waals surface area (Å²) in [5.41, 5.74) is 0.0939. The van der Waals surface area contributed by atoms with Crippen LogP contribution in [0.25, 0.3) is 0 Å². The zero-order valence-electron chi connectivity index (χ0n) is 11.4. The average Bonchev–Trinajstić information content (AvgIpc) is 2.38. The predicted octanol–water partition coefficient (Wildman–Crippen LogP) is 3.18.